The second kappa shape index (κ2) is 7.39. The molecule has 1 aliphatic rings. The number of hydrogen-bond acceptors (Lipinski definition) is 7. The molecule has 1 fully saturated rings. The quantitative estimate of drug-likeness (QED) is 0.594. The molecule has 0 radical (unpaired) electrons. The molecule has 2 amide bonds. The first kappa shape index (κ1) is 17.9. The first-order chi connectivity index (χ1) is 11.4. The van der Waals surface area contributed by atoms with Gasteiger partial charge in [0.15, 0.2) is 0 Å². The molecule has 1 aromatic carbocycles. The molecule has 1 atom stereocenters. The number of rotatable bonds is 5. The lowest BCUT2D eigenvalue weighted by Gasteiger charge is -2.18. The van der Waals surface area contributed by atoms with Crippen molar-refractivity contribution in [1.82, 2.24) is 4.90 Å². The molecule has 0 aliphatic carbocycles. The number of methoxy groups -OCH3 is 3. The fourth-order valence-electron chi connectivity index (χ4n) is 2.18. The summed E-state index contributed by atoms with van der Waals surface area (Å²) in [6.07, 6.45) is 1.54. The molecule has 1 heterocycles. The fraction of sp³-hybridized carbons (Fsp3) is 0.312. The standard InChI is InChI=1S/C16H17NO6S/c1-9(15(19)23-4)17-14(18)13(24-16(17)20)8-10-7-11(21-2)5-6-12(10)22-3/h5-9H,1-4H3/b13-8+/t9-/m0/s1. The number of imide groups is 1. The molecular formula is C16H17NO6S. The summed E-state index contributed by atoms with van der Waals surface area (Å²) in [5.74, 6) is -0.0851. The number of thioether (sulfide) groups is 1. The van der Waals surface area contributed by atoms with Crippen molar-refractivity contribution in [2.75, 3.05) is 21.3 Å². The highest BCUT2D eigenvalue weighted by Gasteiger charge is 2.41. The Balaban J connectivity index is 2.37. The largest absolute Gasteiger partial charge is 0.497 e. The van der Waals surface area contributed by atoms with Crippen molar-refractivity contribution in [2.45, 2.75) is 13.0 Å². The SMILES string of the molecule is COC(=O)[C@H](C)N1C(=O)S/C(=C/c2cc(OC)ccc2OC)C1=O. The zero-order chi connectivity index (χ0) is 17.9. The zero-order valence-electron chi connectivity index (χ0n) is 13.7. The molecular weight excluding hydrogens is 334 g/mol. The molecule has 0 spiro atoms. The minimum absolute atomic E-state index is 0.197. The third-order valence-electron chi connectivity index (χ3n) is 3.48. The van der Waals surface area contributed by atoms with Crippen molar-refractivity contribution in [2.24, 2.45) is 0 Å². The molecule has 0 unspecified atom stereocenters. The van der Waals surface area contributed by atoms with E-state index in [1.54, 1.807) is 18.2 Å². The summed E-state index contributed by atoms with van der Waals surface area (Å²) in [6.45, 7) is 1.44. The van der Waals surface area contributed by atoms with Gasteiger partial charge in [-0.25, -0.2) is 4.79 Å². The van der Waals surface area contributed by atoms with Gasteiger partial charge < -0.3 is 14.2 Å². The number of benzene rings is 1. The van der Waals surface area contributed by atoms with Gasteiger partial charge in [-0.2, -0.15) is 0 Å². The van der Waals surface area contributed by atoms with Crippen LogP contribution in [-0.2, 0) is 14.3 Å². The van der Waals surface area contributed by atoms with E-state index in [1.165, 1.54) is 34.3 Å². The number of hydrogen-bond donors (Lipinski definition) is 0. The average Bonchev–Trinajstić information content (AvgIpc) is 2.87. The van der Waals surface area contributed by atoms with Crippen LogP contribution in [0.1, 0.15) is 12.5 Å². The Morgan fingerprint density at radius 2 is 1.92 bits per heavy atom. The number of nitrogens with zero attached hydrogens (tertiary/aromatic N) is 1. The summed E-state index contributed by atoms with van der Waals surface area (Å²) in [7, 11) is 4.23. The van der Waals surface area contributed by atoms with E-state index in [0.29, 0.717) is 17.1 Å². The average molecular weight is 351 g/mol. The molecule has 1 aromatic rings. The maximum absolute atomic E-state index is 12.5. The maximum Gasteiger partial charge on any atom is 0.328 e. The third-order valence-corrected chi connectivity index (χ3v) is 4.36. The number of carbonyl (C=O) groups excluding carboxylic acids is 3. The Bertz CT molecular complexity index is 715. The highest BCUT2D eigenvalue weighted by molar-refractivity contribution is 8.18. The van der Waals surface area contributed by atoms with Gasteiger partial charge in [0.25, 0.3) is 11.1 Å². The molecule has 24 heavy (non-hydrogen) atoms. The van der Waals surface area contributed by atoms with Gasteiger partial charge in [-0.15, -0.1) is 0 Å². The van der Waals surface area contributed by atoms with E-state index in [9.17, 15) is 14.4 Å². The Kier molecular flexibility index (Phi) is 5.50. The molecule has 0 N–H and O–H groups in total. The first-order valence-corrected chi connectivity index (χ1v) is 7.81. The monoisotopic (exact) mass is 351 g/mol. The van der Waals surface area contributed by atoms with Crippen molar-refractivity contribution < 1.29 is 28.6 Å². The van der Waals surface area contributed by atoms with E-state index in [0.717, 1.165) is 16.7 Å². The molecule has 0 saturated carbocycles. The van der Waals surface area contributed by atoms with E-state index < -0.39 is 23.2 Å². The summed E-state index contributed by atoms with van der Waals surface area (Å²) in [5, 5.41) is -0.522. The van der Waals surface area contributed by atoms with Crippen LogP contribution in [0.2, 0.25) is 0 Å². The molecule has 0 bridgehead atoms. The summed E-state index contributed by atoms with van der Waals surface area (Å²) >= 11 is 0.760. The Morgan fingerprint density at radius 3 is 2.50 bits per heavy atom. The third kappa shape index (κ3) is 3.38. The lowest BCUT2D eigenvalue weighted by molar-refractivity contribution is -0.148. The predicted octanol–water partition coefficient (Wildman–Crippen LogP) is 2.30. The van der Waals surface area contributed by atoms with Gasteiger partial charge in [0.2, 0.25) is 0 Å². The minimum atomic E-state index is -0.986. The van der Waals surface area contributed by atoms with E-state index in [1.807, 2.05) is 0 Å². The Hall–Kier alpha value is -2.48. The maximum atomic E-state index is 12.5. The number of ether oxygens (including phenoxy) is 3. The fourth-order valence-corrected chi connectivity index (χ4v) is 3.08. The molecule has 128 valence electrons. The van der Waals surface area contributed by atoms with Crippen LogP contribution in [-0.4, -0.2) is 49.4 Å². The number of amides is 2. The molecule has 8 heteroatoms. The van der Waals surface area contributed by atoms with Crippen LogP contribution in [0.15, 0.2) is 23.1 Å². The minimum Gasteiger partial charge on any atom is -0.497 e. The van der Waals surface area contributed by atoms with Gasteiger partial charge in [0, 0.05) is 5.56 Å². The highest BCUT2D eigenvalue weighted by atomic mass is 32.2. The Morgan fingerprint density at radius 1 is 1.21 bits per heavy atom. The van der Waals surface area contributed by atoms with E-state index >= 15 is 0 Å². The van der Waals surface area contributed by atoms with Crippen molar-refractivity contribution in [3.8, 4) is 11.5 Å². The molecule has 1 saturated heterocycles. The van der Waals surface area contributed by atoms with Crippen LogP contribution in [0.4, 0.5) is 4.79 Å². The van der Waals surface area contributed by atoms with Crippen molar-refractivity contribution in [3.05, 3.63) is 28.7 Å². The van der Waals surface area contributed by atoms with Crippen LogP contribution in [0, 0.1) is 0 Å². The van der Waals surface area contributed by atoms with E-state index in [4.69, 9.17) is 9.47 Å². The molecule has 1 aliphatic heterocycles. The number of esters is 1. The number of carbonyl (C=O) groups is 3. The van der Waals surface area contributed by atoms with Gasteiger partial charge in [-0.1, -0.05) is 0 Å². The van der Waals surface area contributed by atoms with Crippen LogP contribution < -0.4 is 9.47 Å². The first-order valence-electron chi connectivity index (χ1n) is 6.99. The second-order valence-corrected chi connectivity index (χ2v) is 5.85. The zero-order valence-corrected chi connectivity index (χ0v) is 14.5. The lowest BCUT2D eigenvalue weighted by Crippen LogP contribution is -2.42. The smallest absolute Gasteiger partial charge is 0.328 e. The van der Waals surface area contributed by atoms with Crippen molar-refractivity contribution in [1.29, 1.82) is 0 Å². The van der Waals surface area contributed by atoms with Crippen LogP contribution in [0.5, 0.6) is 11.5 Å². The van der Waals surface area contributed by atoms with Crippen molar-refractivity contribution >= 4 is 35.0 Å². The summed E-state index contributed by atoms with van der Waals surface area (Å²) in [6, 6.07) is 4.13. The lowest BCUT2D eigenvalue weighted by atomic mass is 10.1. The molecule has 7 nitrogen and oxygen atoms in total. The summed E-state index contributed by atoms with van der Waals surface area (Å²) in [4.78, 5) is 37.2. The van der Waals surface area contributed by atoms with Gasteiger partial charge in [-0.3, -0.25) is 14.5 Å². The second-order valence-electron chi connectivity index (χ2n) is 4.86. The highest BCUT2D eigenvalue weighted by Crippen LogP contribution is 2.36. The van der Waals surface area contributed by atoms with Crippen LogP contribution in [0.25, 0.3) is 6.08 Å². The van der Waals surface area contributed by atoms with E-state index in [2.05, 4.69) is 4.74 Å². The van der Waals surface area contributed by atoms with Crippen LogP contribution >= 0.6 is 11.8 Å². The topological polar surface area (TPSA) is 82.1 Å². The van der Waals surface area contributed by atoms with Crippen LogP contribution in [0.3, 0.4) is 0 Å². The summed E-state index contributed by atoms with van der Waals surface area (Å²) in [5.41, 5.74) is 0.591. The predicted molar refractivity (Wildman–Crippen MR) is 88.8 cm³/mol. The van der Waals surface area contributed by atoms with E-state index in [-0.39, 0.29) is 4.91 Å². The van der Waals surface area contributed by atoms with Gasteiger partial charge >= 0.3 is 5.97 Å². The Labute approximate surface area is 143 Å². The molecule has 2 rings (SSSR count). The van der Waals surface area contributed by atoms with Gasteiger partial charge in [0.1, 0.15) is 17.5 Å². The normalized spacial score (nSPS) is 17.2. The van der Waals surface area contributed by atoms with Crippen molar-refractivity contribution in [3.63, 3.8) is 0 Å². The van der Waals surface area contributed by atoms with Gasteiger partial charge in [-0.05, 0) is 43.0 Å². The molecule has 0 aromatic heterocycles. The summed E-state index contributed by atoms with van der Waals surface area (Å²) < 4.78 is 15.0. The van der Waals surface area contributed by atoms with Gasteiger partial charge in [0.05, 0.1) is 26.2 Å².